The Kier molecular flexibility index (Phi) is 5.76. The summed E-state index contributed by atoms with van der Waals surface area (Å²) in [6.45, 7) is 4.42. The van der Waals surface area contributed by atoms with E-state index < -0.39 is 5.60 Å². The van der Waals surface area contributed by atoms with Gasteiger partial charge in [-0.25, -0.2) is 0 Å². The van der Waals surface area contributed by atoms with Crippen molar-refractivity contribution in [3.63, 3.8) is 0 Å². The lowest BCUT2D eigenvalue weighted by atomic mass is 9.95. The molecule has 0 aromatic heterocycles. The zero-order valence-electron chi connectivity index (χ0n) is 12.8. The molecule has 1 saturated heterocycles. The third-order valence-corrected chi connectivity index (χ3v) is 3.93. The molecule has 1 atom stereocenters. The molecule has 4 nitrogen and oxygen atoms in total. The van der Waals surface area contributed by atoms with Crippen LogP contribution in [0.5, 0.6) is 0 Å². The minimum atomic E-state index is -0.647. The highest BCUT2D eigenvalue weighted by atomic mass is 16.3. The number of nitrogens with zero attached hydrogens (tertiary/aromatic N) is 1. The number of carbonyl (C=O) groups is 1. The van der Waals surface area contributed by atoms with Crippen molar-refractivity contribution in [2.24, 2.45) is 0 Å². The summed E-state index contributed by atoms with van der Waals surface area (Å²) in [6.07, 6.45) is 3.71. The number of benzene rings is 1. The summed E-state index contributed by atoms with van der Waals surface area (Å²) in [7, 11) is 0. The van der Waals surface area contributed by atoms with Crippen LogP contribution in [0.3, 0.4) is 0 Å². The second kappa shape index (κ2) is 7.57. The van der Waals surface area contributed by atoms with E-state index in [1.165, 1.54) is 5.56 Å². The normalized spacial score (nSPS) is 23.0. The second-order valence-corrected chi connectivity index (χ2v) is 6.25. The lowest BCUT2D eigenvalue weighted by Crippen LogP contribution is -2.49. The van der Waals surface area contributed by atoms with Crippen LogP contribution in [0.25, 0.3) is 0 Å². The SMILES string of the molecule is CC1(O)CCCN(CC(=O)NCCCc2ccccc2)C1. The van der Waals surface area contributed by atoms with Crippen LogP contribution in [0.2, 0.25) is 0 Å². The summed E-state index contributed by atoms with van der Waals surface area (Å²) in [5.74, 6) is 0.0563. The molecule has 4 heteroatoms. The number of piperidine rings is 1. The fourth-order valence-electron chi connectivity index (χ4n) is 2.88. The number of aryl methyl sites for hydroxylation is 1. The number of amides is 1. The van der Waals surface area contributed by atoms with Gasteiger partial charge in [0.2, 0.25) is 5.91 Å². The zero-order valence-corrected chi connectivity index (χ0v) is 12.8. The number of β-amino-alcohol motifs (C(OH)–C–C–N with tert-alkyl or cyclic N) is 1. The summed E-state index contributed by atoms with van der Waals surface area (Å²) in [4.78, 5) is 13.9. The van der Waals surface area contributed by atoms with E-state index in [4.69, 9.17) is 0 Å². The summed E-state index contributed by atoms with van der Waals surface area (Å²) in [5.41, 5.74) is 0.657. The third-order valence-electron chi connectivity index (χ3n) is 3.93. The molecule has 0 aliphatic carbocycles. The van der Waals surface area contributed by atoms with Gasteiger partial charge in [0.25, 0.3) is 0 Å². The van der Waals surface area contributed by atoms with Gasteiger partial charge in [0.1, 0.15) is 0 Å². The predicted molar refractivity (Wildman–Crippen MR) is 84.1 cm³/mol. The summed E-state index contributed by atoms with van der Waals surface area (Å²) >= 11 is 0. The average Bonchev–Trinajstić information content (AvgIpc) is 2.44. The molecule has 21 heavy (non-hydrogen) atoms. The fraction of sp³-hybridized carbons (Fsp3) is 0.588. The Morgan fingerprint density at radius 2 is 2.14 bits per heavy atom. The lowest BCUT2D eigenvalue weighted by Gasteiger charge is -2.36. The minimum Gasteiger partial charge on any atom is -0.389 e. The molecular formula is C17H26N2O2. The van der Waals surface area contributed by atoms with E-state index in [-0.39, 0.29) is 5.91 Å². The Morgan fingerprint density at radius 1 is 1.38 bits per heavy atom. The molecule has 2 N–H and O–H groups in total. The first kappa shape index (κ1) is 16.0. The van der Waals surface area contributed by atoms with Crippen LogP contribution in [0.15, 0.2) is 30.3 Å². The van der Waals surface area contributed by atoms with Crippen molar-refractivity contribution in [2.75, 3.05) is 26.2 Å². The molecular weight excluding hydrogens is 264 g/mol. The number of aliphatic hydroxyl groups is 1. The van der Waals surface area contributed by atoms with Gasteiger partial charge >= 0.3 is 0 Å². The fourth-order valence-corrected chi connectivity index (χ4v) is 2.88. The molecule has 1 aromatic rings. The van der Waals surface area contributed by atoms with Gasteiger partial charge in [-0.15, -0.1) is 0 Å². The Hall–Kier alpha value is -1.39. The molecule has 1 aromatic carbocycles. The Balaban J connectivity index is 1.61. The van der Waals surface area contributed by atoms with Crippen molar-refractivity contribution in [3.8, 4) is 0 Å². The molecule has 1 aliphatic heterocycles. The van der Waals surface area contributed by atoms with Gasteiger partial charge in [0.15, 0.2) is 0 Å². The smallest absolute Gasteiger partial charge is 0.234 e. The second-order valence-electron chi connectivity index (χ2n) is 6.25. The summed E-state index contributed by atoms with van der Waals surface area (Å²) in [5, 5.41) is 13.0. The third kappa shape index (κ3) is 5.86. The summed E-state index contributed by atoms with van der Waals surface area (Å²) < 4.78 is 0. The molecule has 1 aliphatic rings. The molecule has 1 fully saturated rings. The maximum atomic E-state index is 11.9. The van der Waals surface area contributed by atoms with Crippen LogP contribution in [0, 0.1) is 0 Å². The molecule has 1 heterocycles. The van der Waals surface area contributed by atoms with Gasteiger partial charge in [0, 0.05) is 13.1 Å². The maximum absolute atomic E-state index is 11.9. The standard InChI is InChI=1S/C17H26N2O2/c1-17(21)10-6-12-19(14-17)13-16(20)18-11-5-9-15-7-3-2-4-8-15/h2-4,7-8,21H,5-6,9-14H2,1H3,(H,18,20). The molecule has 0 bridgehead atoms. The Morgan fingerprint density at radius 3 is 2.86 bits per heavy atom. The lowest BCUT2D eigenvalue weighted by molar-refractivity contribution is -0.123. The van der Waals surface area contributed by atoms with Crippen molar-refractivity contribution >= 4 is 5.91 Å². The molecule has 116 valence electrons. The highest BCUT2D eigenvalue weighted by Gasteiger charge is 2.28. The molecule has 0 radical (unpaired) electrons. The number of carbonyl (C=O) groups excluding carboxylic acids is 1. The van der Waals surface area contributed by atoms with Gasteiger partial charge in [-0.3, -0.25) is 9.69 Å². The Bertz CT molecular complexity index is 445. The number of likely N-dealkylation sites (tertiary alicyclic amines) is 1. The van der Waals surface area contributed by atoms with E-state index in [0.717, 1.165) is 32.2 Å². The summed E-state index contributed by atoms with van der Waals surface area (Å²) in [6, 6.07) is 10.3. The largest absolute Gasteiger partial charge is 0.389 e. The van der Waals surface area contributed by atoms with Crippen molar-refractivity contribution in [3.05, 3.63) is 35.9 Å². The molecule has 2 rings (SSSR count). The molecule has 1 amide bonds. The van der Waals surface area contributed by atoms with Crippen LogP contribution in [-0.4, -0.2) is 47.7 Å². The van der Waals surface area contributed by atoms with Crippen LogP contribution in [0.1, 0.15) is 31.7 Å². The van der Waals surface area contributed by atoms with Gasteiger partial charge in [-0.1, -0.05) is 30.3 Å². The number of nitrogens with one attached hydrogen (secondary N) is 1. The number of hydrogen-bond donors (Lipinski definition) is 2. The topological polar surface area (TPSA) is 52.6 Å². The van der Waals surface area contributed by atoms with Crippen LogP contribution < -0.4 is 5.32 Å². The van der Waals surface area contributed by atoms with E-state index in [1.807, 2.05) is 30.0 Å². The average molecular weight is 290 g/mol. The quantitative estimate of drug-likeness (QED) is 0.782. The monoisotopic (exact) mass is 290 g/mol. The first-order valence-corrected chi connectivity index (χ1v) is 7.80. The first-order valence-electron chi connectivity index (χ1n) is 7.80. The van der Waals surface area contributed by atoms with E-state index in [2.05, 4.69) is 17.4 Å². The van der Waals surface area contributed by atoms with Crippen molar-refractivity contribution in [1.29, 1.82) is 0 Å². The van der Waals surface area contributed by atoms with Gasteiger partial charge < -0.3 is 10.4 Å². The predicted octanol–water partition coefficient (Wildman–Crippen LogP) is 1.58. The maximum Gasteiger partial charge on any atom is 0.234 e. The molecule has 1 unspecified atom stereocenters. The van der Waals surface area contributed by atoms with Gasteiger partial charge in [-0.2, -0.15) is 0 Å². The van der Waals surface area contributed by atoms with Crippen LogP contribution in [-0.2, 0) is 11.2 Å². The highest BCUT2D eigenvalue weighted by molar-refractivity contribution is 5.78. The Labute approximate surface area is 127 Å². The van der Waals surface area contributed by atoms with E-state index in [0.29, 0.717) is 19.6 Å². The van der Waals surface area contributed by atoms with Gasteiger partial charge in [-0.05, 0) is 44.7 Å². The molecule has 0 spiro atoms. The van der Waals surface area contributed by atoms with Crippen LogP contribution in [0.4, 0.5) is 0 Å². The van der Waals surface area contributed by atoms with E-state index in [1.54, 1.807) is 0 Å². The zero-order chi connectivity index (χ0) is 15.1. The van der Waals surface area contributed by atoms with Gasteiger partial charge in [0.05, 0.1) is 12.1 Å². The molecule has 0 saturated carbocycles. The number of hydrogen-bond acceptors (Lipinski definition) is 3. The van der Waals surface area contributed by atoms with Crippen LogP contribution >= 0.6 is 0 Å². The van der Waals surface area contributed by atoms with Crippen molar-refractivity contribution in [2.45, 2.75) is 38.2 Å². The highest BCUT2D eigenvalue weighted by Crippen LogP contribution is 2.19. The minimum absolute atomic E-state index is 0.0563. The van der Waals surface area contributed by atoms with Crippen molar-refractivity contribution in [1.82, 2.24) is 10.2 Å². The first-order chi connectivity index (χ1) is 10.1. The number of rotatable bonds is 6. The van der Waals surface area contributed by atoms with E-state index in [9.17, 15) is 9.90 Å². The van der Waals surface area contributed by atoms with Crippen molar-refractivity contribution < 1.29 is 9.90 Å². The van der Waals surface area contributed by atoms with E-state index >= 15 is 0 Å².